The van der Waals surface area contributed by atoms with Gasteiger partial charge in [0.05, 0.1) is 10.9 Å². The van der Waals surface area contributed by atoms with Crippen molar-refractivity contribution < 1.29 is 9.18 Å². The summed E-state index contributed by atoms with van der Waals surface area (Å²) in [5.74, 6) is 0.289. The molecule has 5 heteroatoms. The third kappa shape index (κ3) is 5.99. The molecule has 0 aliphatic carbocycles. The average Bonchev–Trinajstić information content (AvgIpc) is 2.55. The van der Waals surface area contributed by atoms with Gasteiger partial charge in [-0.15, -0.1) is 11.8 Å². The number of carbonyl (C=O) groups is 1. The molecule has 0 radical (unpaired) electrons. The number of nitrogens with one attached hydrogen (secondary N) is 1. The van der Waals surface area contributed by atoms with Crippen LogP contribution in [0.1, 0.15) is 18.9 Å². The fourth-order valence-corrected chi connectivity index (χ4v) is 3.29. The number of benzene rings is 2. The van der Waals surface area contributed by atoms with Crippen molar-refractivity contribution in [2.45, 2.75) is 25.0 Å². The highest BCUT2D eigenvalue weighted by molar-refractivity contribution is 9.10. The lowest BCUT2D eigenvalue weighted by Gasteiger charge is -2.12. The van der Waals surface area contributed by atoms with Gasteiger partial charge in [-0.3, -0.25) is 4.79 Å². The van der Waals surface area contributed by atoms with Crippen molar-refractivity contribution in [2.75, 3.05) is 11.1 Å². The first-order valence-corrected chi connectivity index (χ1v) is 9.32. The smallest absolute Gasteiger partial charge is 0.237 e. The number of hydrogen-bond donors (Lipinski definition) is 1. The lowest BCUT2D eigenvalue weighted by Crippen LogP contribution is -2.23. The molecule has 0 spiro atoms. The molecule has 122 valence electrons. The molecule has 1 N–H and O–H groups in total. The number of carbonyl (C=O) groups excluding carboxylic acids is 1. The molecule has 1 atom stereocenters. The third-order valence-corrected chi connectivity index (χ3v) is 5.11. The highest BCUT2D eigenvalue weighted by Gasteiger charge is 2.15. The van der Waals surface area contributed by atoms with Crippen LogP contribution in [0, 0.1) is 5.82 Å². The monoisotopic (exact) mass is 395 g/mol. The normalized spacial score (nSPS) is 12.0. The minimum atomic E-state index is -0.436. The van der Waals surface area contributed by atoms with Crippen molar-refractivity contribution >= 4 is 39.3 Å². The molecule has 2 aromatic carbocycles. The van der Waals surface area contributed by atoms with Crippen molar-refractivity contribution in [3.8, 4) is 0 Å². The number of amides is 1. The van der Waals surface area contributed by atoms with Gasteiger partial charge >= 0.3 is 0 Å². The first-order valence-electron chi connectivity index (χ1n) is 7.47. The quantitative estimate of drug-likeness (QED) is 0.645. The molecule has 0 saturated carbocycles. The maximum atomic E-state index is 13.7. The standard InChI is InChI=1S/C18H19BrFNOS/c1-13(23-11-5-8-14-6-3-2-4-7-14)18(22)21-17-10-9-15(19)12-16(17)20/h2-4,6-7,9-10,12-13H,5,8,11H2,1H3,(H,21,22)/t13-/m0/s1. The van der Waals surface area contributed by atoms with Gasteiger partial charge in [0.2, 0.25) is 5.91 Å². The second-order valence-corrected chi connectivity index (χ2v) is 7.58. The summed E-state index contributed by atoms with van der Waals surface area (Å²) in [6.07, 6.45) is 2.02. The molecule has 0 heterocycles. The SMILES string of the molecule is C[C@H](SCCCc1ccccc1)C(=O)Nc1ccc(Br)cc1F. The number of hydrogen-bond acceptors (Lipinski definition) is 2. The average molecular weight is 396 g/mol. The highest BCUT2D eigenvalue weighted by Crippen LogP contribution is 2.21. The maximum Gasteiger partial charge on any atom is 0.237 e. The zero-order chi connectivity index (χ0) is 16.7. The minimum absolute atomic E-state index is 0.170. The highest BCUT2D eigenvalue weighted by atomic mass is 79.9. The predicted octanol–water partition coefficient (Wildman–Crippen LogP) is 5.28. The van der Waals surface area contributed by atoms with Gasteiger partial charge in [-0.05, 0) is 49.3 Å². The van der Waals surface area contributed by atoms with E-state index in [1.807, 2.05) is 25.1 Å². The maximum absolute atomic E-state index is 13.7. The topological polar surface area (TPSA) is 29.1 Å². The number of rotatable bonds is 7. The van der Waals surface area contributed by atoms with Crippen molar-refractivity contribution in [3.63, 3.8) is 0 Å². The van der Waals surface area contributed by atoms with Crippen LogP contribution in [0.5, 0.6) is 0 Å². The number of halogens is 2. The van der Waals surface area contributed by atoms with Crippen LogP contribution in [0.4, 0.5) is 10.1 Å². The first kappa shape index (κ1) is 18.0. The molecular formula is C18H19BrFNOS. The van der Waals surface area contributed by atoms with Crippen LogP contribution < -0.4 is 5.32 Å². The molecule has 23 heavy (non-hydrogen) atoms. The molecule has 0 fully saturated rings. The van der Waals surface area contributed by atoms with Crippen molar-refractivity contribution in [3.05, 3.63) is 64.4 Å². The Balaban J connectivity index is 1.74. The second kappa shape index (κ2) is 9.08. The molecule has 0 unspecified atom stereocenters. The van der Waals surface area contributed by atoms with Crippen molar-refractivity contribution in [2.24, 2.45) is 0 Å². The molecule has 0 aliphatic rings. The Hall–Kier alpha value is -1.33. The molecule has 0 aromatic heterocycles. The molecule has 0 saturated heterocycles. The predicted molar refractivity (Wildman–Crippen MR) is 99.4 cm³/mol. The first-order chi connectivity index (χ1) is 11.1. The number of thioether (sulfide) groups is 1. The summed E-state index contributed by atoms with van der Waals surface area (Å²) in [7, 11) is 0. The van der Waals surface area contributed by atoms with E-state index >= 15 is 0 Å². The van der Waals surface area contributed by atoms with Gasteiger partial charge in [0.15, 0.2) is 0 Å². The van der Waals surface area contributed by atoms with Gasteiger partial charge in [-0.25, -0.2) is 4.39 Å². The number of aryl methyl sites for hydroxylation is 1. The van der Waals surface area contributed by atoms with Crippen LogP contribution in [0.15, 0.2) is 53.0 Å². The van der Waals surface area contributed by atoms with E-state index in [1.54, 1.807) is 23.9 Å². The van der Waals surface area contributed by atoms with Gasteiger partial charge in [-0.1, -0.05) is 46.3 Å². The number of anilines is 1. The van der Waals surface area contributed by atoms with E-state index in [1.165, 1.54) is 11.6 Å². The Morgan fingerprint density at radius 3 is 2.70 bits per heavy atom. The zero-order valence-corrected chi connectivity index (χ0v) is 15.3. The van der Waals surface area contributed by atoms with Gasteiger partial charge in [0.1, 0.15) is 5.82 Å². The van der Waals surface area contributed by atoms with E-state index in [2.05, 4.69) is 33.4 Å². The fraction of sp³-hybridized carbons (Fsp3) is 0.278. The Labute approximate surface area is 149 Å². The zero-order valence-electron chi connectivity index (χ0n) is 12.9. The van der Waals surface area contributed by atoms with Gasteiger partial charge in [0, 0.05) is 4.47 Å². The molecule has 0 aliphatic heterocycles. The summed E-state index contributed by atoms with van der Waals surface area (Å²) < 4.78 is 14.4. The van der Waals surface area contributed by atoms with E-state index in [0.717, 1.165) is 18.6 Å². The van der Waals surface area contributed by atoms with Crippen molar-refractivity contribution in [1.29, 1.82) is 0 Å². The van der Waals surface area contributed by atoms with Gasteiger partial charge < -0.3 is 5.32 Å². The molecule has 0 bridgehead atoms. The summed E-state index contributed by atoms with van der Waals surface area (Å²) in [5.41, 5.74) is 1.53. The van der Waals surface area contributed by atoms with E-state index in [9.17, 15) is 9.18 Å². The van der Waals surface area contributed by atoms with E-state index in [0.29, 0.717) is 4.47 Å². The Morgan fingerprint density at radius 1 is 1.26 bits per heavy atom. The van der Waals surface area contributed by atoms with E-state index < -0.39 is 5.82 Å². The molecular weight excluding hydrogens is 377 g/mol. The summed E-state index contributed by atoms with van der Waals surface area (Å²) in [5, 5.41) is 2.43. The van der Waals surface area contributed by atoms with Crippen LogP contribution in [0.2, 0.25) is 0 Å². The van der Waals surface area contributed by atoms with Gasteiger partial charge in [0.25, 0.3) is 0 Å². The molecule has 2 nitrogen and oxygen atoms in total. The molecule has 2 aromatic rings. The lowest BCUT2D eigenvalue weighted by atomic mass is 10.1. The van der Waals surface area contributed by atoms with Crippen LogP contribution in [0.25, 0.3) is 0 Å². The van der Waals surface area contributed by atoms with Crippen LogP contribution in [-0.4, -0.2) is 16.9 Å². The van der Waals surface area contributed by atoms with Crippen LogP contribution in [0.3, 0.4) is 0 Å². The Kier molecular flexibility index (Phi) is 7.12. The summed E-state index contributed by atoms with van der Waals surface area (Å²) in [4.78, 5) is 12.1. The largest absolute Gasteiger partial charge is 0.323 e. The van der Waals surface area contributed by atoms with Crippen molar-refractivity contribution in [1.82, 2.24) is 0 Å². The molecule has 2 rings (SSSR count). The Bertz CT molecular complexity index is 651. The van der Waals surface area contributed by atoms with Crippen LogP contribution >= 0.6 is 27.7 Å². The fourth-order valence-electron chi connectivity index (χ4n) is 2.08. The van der Waals surface area contributed by atoms with E-state index in [-0.39, 0.29) is 16.8 Å². The van der Waals surface area contributed by atoms with E-state index in [4.69, 9.17) is 0 Å². The summed E-state index contributed by atoms with van der Waals surface area (Å²) >= 11 is 4.78. The lowest BCUT2D eigenvalue weighted by molar-refractivity contribution is -0.115. The second-order valence-electron chi connectivity index (χ2n) is 5.22. The minimum Gasteiger partial charge on any atom is -0.323 e. The van der Waals surface area contributed by atoms with Gasteiger partial charge in [-0.2, -0.15) is 0 Å². The molecule has 1 amide bonds. The third-order valence-electron chi connectivity index (χ3n) is 3.38. The van der Waals surface area contributed by atoms with Crippen LogP contribution in [-0.2, 0) is 11.2 Å². The Morgan fingerprint density at radius 2 is 2.00 bits per heavy atom. The summed E-state index contributed by atoms with van der Waals surface area (Å²) in [6.45, 7) is 1.85. The summed E-state index contributed by atoms with van der Waals surface area (Å²) in [6, 6.07) is 14.9.